The van der Waals surface area contributed by atoms with Gasteiger partial charge in [-0.2, -0.15) is 18.3 Å². The van der Waals surface area contributed by atoms with Gasteiger partial charge in [-0.3, -0.25) is 9.80 Å². The molecule has 0 aliphatic carbocycles. The van der Waals surface area contributed by atoms with E-state index in [1.807, 2.05) is 11.6 Å². The molecule has 0 spiro atoms. The van der Waals surface area contributed by atoms with Crippen LogP contribution >= 0.6 is 0 Å². The predicted molar refractivity (Wildman–Crippen MR) is 156 cm³/mol. The molecule has 1 fully saturated rings. The van der Waals surface area contributed by atoms with Crippen LogP contribution in [-0.2, 0) is 35.3 Å². The van der Waals surface area contributed by atoms with Gasteiger partial charge in [-0.05, 0) is 61.2 Å². The van der Waals surface area contributed by atoms with Crippen molar-refractivity contribution in [3.05, 3.63) is 65.9 Å². The molecule has 1 aromatic heterocycles. The average Bonchev–Trinajstić information content (AvgIpc) is 3.47. The van der Waals surface area contributed by atoms with Gasteiger partial charge in [-0.1, -0.05) is 43.7 Å². The number of halogens is 3. The van der Waals surface area contributed by atoms with Crippen molar-refractivity contribution in [1.29, 1.82) is 0 Å². The summed E-state index contributed by atoms with van der Waals surface area (Å²) in [6.45, 7) is 5.79. The first-order chi connectivity index (χ1) is 21.7. The number of benzene rings is 2. The van der Waals surface area contributed by atoms with E-state index >= 15 is 0 Å². The summed E-state index contributed by atoms with van der Waals surface area (Å²) >= 11 is 0. The number of alkyl halides is 3. The van der Waals surface area contributed by atoms with Crippen LogP contribution in [0, 0.1) is 18.8 Å². The quantitative estimate of drug-likeness (QED) is 0.0925. The fourth-order valence-electron chi connectivity index (χ4n) is 4.33. The molecule has 0 atom stereocenters. The zero-order valence-corrected chi connectivity index (χ0v) is 26.0. The number of aromatic nitrogens is 2. The second-order valence-electron chi connectivity index (χ2n) is 10.8. The molecule has 0 bridgehead atoms. The minimum atomic E-state index is -4.69. The lowest BCUT2D eigenvalue weighted by Crippen LogP contribution is -2.35. The molecular formula is C29H33F3N6O7S. The van der Waals surface area contributed by atoms with Crippen LogP contribution in [0.4, 0.5) is 18.0 Å². The highest BCUT2D eigenvalue weighted by molar-refractivity contribution is 7.90. The van der Waals surface area contributed by atoms with E-state index in [9.17, 15) is 31.2 Å². The molecule has 1 saturated heterocycles. The second-order valence-corrected chi connectivity index (χ2v) is 12.5. The Morgan fingerprint density at radius 2 is 1.70 bits per heavy atom. The van der Waals surface area contributed by atoms with Gasteiger partial charge in [0.15, 0.2) is 5.69 Å². The number of nitrogens with one attached hydrogen (secondary N) is 1. The number of hydrogen-bond acceptors (Lipinski definition) is 10. The molecule has 17 heteroatoms. The molecule has 0 saturated carbocycles. The molecule has 1 aliphatic heterocycles. The number of sulfonamides is 1. The van der Waals surface area contributed by atoms with Crippen LogP contribution in [0.3, 0.4) is 0 Å². The maximum absolute atomic E-state index is 13.5. The number of hydrogen-bond donors (Lipinski definition) is 1. The number of carbonyl (C=O) groups is 2. The monoisotopic (exact) mass is 666 g/mol. The third-order valence-corrected chi connectivity index (χ3v) is 8.27. The van der Waals surface area contributed by atoms with Crippen molar-refractivity contribution in [3.8, 4) is 16.9 Å². The average molecular weight is 667 g/mol. The Labute approximate surface area is 263 Å². The SMILES string of the molecule is Cc1ccc(-c2cc(C(F)(F)F)nn2-c2ccc(S(=O)(=O)NC(=O)OCC3CCN(/N=N\OCOC(=O)C(C)C)CC3)cc2)cc1. The molecule has 2 heterocycles. The van der Waals surface area contributed by atoms with E-state index in [4.69, 9.17) is 14.3 Å². The number of esters is 1. The Kier molecular flexibility index (Phi) is 10.9. The normalized spacial score (nSPS) is 14.5. The second kappa shape index (κ2) is 14.6. The third kappa shape index (κ3) is 9.18. The maximum atomic E-state index is 13.5. The van der Waals surface area contributed by atoms with Gasteiger partial charge in [-0.25, -0.2) is 22.6 Å². The Hall–Kier alpha value is -4.67. The molecule has 46 heavy (non-hydrogen) atoms. The number of piperidine rings is 1. The van der Waals surface area contributed by atoms with Crippen LogP contribution in [0.2, 0.25) is 0 Å². The maximum Gasteiger partial charge on any atom is 0.435 e. The van der Waals surface area contributed by atoms with E-state index < -0.39 is 34.0 Å². The summed E-state index contributed by atoms with van der Waals surface area (Å²) in [7, 11) is -4.35. The molecule has 248 valence electrons. The van der Waals surface area contributed by atoms with E-state index in [-0.39, 0.29) is 41.5 Å². The van der Waals surface area contributed by atoms with Gasteiger partial charge in [0, 0.05) is 23.9 Å². The standard InChI is InChI=1S/C29H33F3N6O7S/c1-19(2)27(39)44-18-45-36-35-37-14-12-21(13-15-37)17-43-28(40)34-46(41,42)24-10-8-23(9-11-24)38-25(16-26(33-38)29(30,31)32)22-6-4-20(3)5-7-22/h4-11,16,19,21H,12-15,17-18H2,1-3H3,(H,34,40)/b36-35-. The Balaban J connectivity index is 1.29. The lowest BCUT2D eigenvalue weighted by atomic mass is 9.99. The van der Waals surface area contributed by atoms with Crippen LogP contribution in [0.25, 0.3) is 16.9 Å². The molecule has 0 radical (unpaired) electrons. The molecule has 4 rings (SSSR count). The minimum Gasteiger partial charge on any atom is -0.449 e. The largest absolute Gasteiger partial charge is 0.449 e. The van der Waals surface area contributed by atoms with E-state index in [0.717, 1.165) is 28.4 Å². The molecule has 13 nitrogen and oxygen atoms in total. The smallest absolute Gasteiger partial charge is 0.435 e. The number of amides is 1. The Morgan fingerprint density at radius 3 is 2.30 bits per heavy atom. The topological polar surface area (TPSA) is 154 Å². The molecule has 3 aromatic rings. The summed E-state index contributed by atoms with van der Waals surface area (Å²) in [6, 6.07) is 12.6. The zero-order valence-electron chi connectivity index (χ0n) is 25.2. The molecule has 1 amide bonds. The molecule has 1 aliphatic rings. The van der Waals surface area contributed by atoms with Crippen molar-refractivity contribution in [3.63, 3.8) is 0 Å². The van der Waals surface area contributed by atoms with E-state index in [2.05, 4.69) is 15.6 Å². The summed E-state index contributed by atoms with van der Waals surface area (Å²) in [4.78, 5) is 28.2. The van der Waals surface area contributed by atoms with Gasteiger partial charge in [0.2, 0.25) is 0 Å². The summed E-state index contributed by atoms with van der Waals surface area (Å²) in [6.07, 6.45) is -4.70. The van der Waals surface area contributed by atoms with Crippen LogP contribution in [-0.4, -0.2) is 61.8 Å². The van der Waals surface area contributed by atoms with E-state index in [1.54, 1.807) is 43.1 Å². The van der Waals surface area contributed by atoms with Gasteiger partial charge in [0.05, 0.1) is 28.8 Å². The molecule has 0 unspecified atom stereocenters. The highest BCUT2D eigenvalue weighted by Crippen LogP contribution is 2.33. The van der Waals surface area contributed by atoms with Gasteiger partial charge >= 0.3 is 18.2 Å². The van der Waals surface area contributed by atoms with Gasteiger partial charge in [0.1, 0.15) is 0 Å². The Morgan fingerprint density at radius 1 is 1.04 bits per heavy atom. The third-order valence-electron chi connectivity index (χ3n) is 6.94. The number of rotatable bonds is 11. The molecule has 2 aromatic carbocycles. The highest BCUT2D eigenvalue weighted by atomic mass is 32.2. The van der Waals surface area contributed by atoms with Crippen molar-refractivity contribution in [1.82, 2.24) is 19.5 Å². The van der Waals surface area contributed by atoms with Crippen molar-refractivity contribution >= 4 is 22.1 Å². The Bertz CT molecular complexity index is 1630. The van der Waals surface area contributed by atoms with Gasteiger partial charge in [0.25, 0.3) is 16.8 Å². The lowest BCUT2D eigenvalue weighted by molar-refractivity contribution is -0.161. The number of nitrogens with zero attached hydrogens (tertiary/aromatic N) is 5. The van der Waals surface area contributed by atoms with Crippen LogP contribution in [0.15, 0.2) is 70.0 Å². The minimum absolute atomic E-state index is 0.0322. The zero-order chi connectivity index (χ0) is 33.5. The first-order valence-electron chi connectivity index (χ1n) is 14.2. The fraction of sp³-hybridized carbons (Fsp3) is 0.414. The number of carbonyl (C=O) groups excluding carboxylic acids is 2. The van der Waals surface area contributed by atoms with Gasteiger partial charge in [-0.15, -0.1) is 0 Å². The summed E-state index contributed by atoms with van der Waals surface area (Å²) in [5, 5.41) is 12.7. The van der Waals surface area contributed by atoms with Crippen molar-refractivity contribution in [2.75, 3.05) is 26.5 Å². The molecule has 1 N–H and O–H groups in total. The van der Waals surface area contributed by atoms with Gasteiger partial charge < -0.3 is 14.3 Å². The van der Waals surface area contributed by atoms with Crippen LogP contribution in [0.1, 0.15) is 37.9 Å². The summed E-state index contributed by atoms with van der Waals surface area (Å²) < 4.78 is 79.0. The first kappa shape index (κ1) is 34.2. The van der Waals surface area contributed by atoms with Crippen LogP contribution in [0.5, 0.6) is 0 Å². The van der Waals surface area contributed by atoms with Crippen molar-refractivity contribution in [2.24, 2.45) is 22.3 Å². The number of ether oxygens (including phenoxy) is 2. The summed E-state index contributed by atoms with van der Waals surface area (Å²) in [5.41, 5.74) is 0.649. The fourth-order valence-corrected chi connectivity index (χ4v) is 5.22. The van der Waals surface area contributed by atoms with Crippen molar-refractivity contribution in [2.45, 2.75) is 44.7 Å². The lowest BCUT2D eigenvalue weighted by Gasteiger charge is -2.28. The summed E-state index contributed by atoms with van der Waals surface area (Å²) in [5.74, 6) is -0.760. The van der Waals surface area contributed by atoms with Crippen LogP contribution < -0.4 is 4.72 Å². The van der Waals surface area contributed by atoms with E-state index in [1.165, 1.54) is 12.1 Å². The first-order valence-corrected chi connectivity index (χ1v) is 15.7. The highest BCUT2D eigenvalue weighted by Gasteiger charge is 2.35. The van der Waals surface area contributed by atoms with E-state index in [0.29, 0.717) is 31.5 Å². The number of aryl methyl sites for hydroxylation is 1. The molecular weight excluding hydrogens is 633 g/mol. The predicted octanol–water partition coefficient (Wildman–Crippen LogP) is 5.45. The van der Waals surface area contributed by atoms with Crippen molar-refractivity contribution < 1.29 is 45.5 Å².